The zero-order valence-corrected chi connectivity index (χ0v) is 15.0. The topological polar surface area (TPSA) is 71.2 Å². The van der Waals surface area contributed by atoms with E-state index in [9.17, 15) is 9.59 Å². The first-order valence-electron chi connectivity index (χ1n) is 7.91. The number of anilines is 1. The van der Waals surface area contributed by atoms with Crippen LogP contribution in [0.1, 0.15) is 50.2 Å². The number of aryl methyl sites for hydroxylation is 3. The molecular weight excluding hydrogens is 304 g/mol. The molecule has 5 nitrogen and oxygen atoms in total. The molecule has 0 fully saturated rings. The Hall–Kier alpha value is -2.56. The van der Waals surface area contributed by atoms with Gasteiger partial charge in [0, 0.05) is 11.4 Å². The predicted molar refractivity (Wildman–Crippen MR) is 94.9 cm³/mol. The van der Waals surface area contributed by atoms with E-state index in [1.165, 1.54) is 18.2 Å². The molecular formula is C19H24N2O3. The molecule has 1 atom stereocenters. The number of hydrogen-bond acceptors (Lipinski definition) is 4. The Morgan fingerprint density at radius 3 is 2.38 bits per heavy atom. The molecule has 0 saturated carbocycles. The number of carbonyl (C=O) groups excluding carboxylic acids is 2. The van der Waals surface area contributed by atoms with Gasteiger partial charge in [-0.05, 0) is 63.4 Å². The van der Waals surface area contributed by atoms with E-state index in [0.29, 0.717) is 22.5 Å². The summed E-state index contributed by atoms with van der Waals surface area (Å²) in [5.41, 5.74) is 5.40. The first kappa shape index (κ1) is 17.8. The number of aromatic nitrogens is 1. The van der Waals surface area contributed by atoms with Crippen molar-refractivity contribution >= 4 is 17.4 Å². The minimum Gasteiger partial charge on any atom is -0.465 e. The maximum absolute atomic E-state index is 12.8. The number of rotatable bonds is 5. The number of aromatic amines is 1. The van der Waals surface area contributed by atoms with Crippen LogP contribution in [0.4, 0.5) is 5.69 Å². The highest BCUT2D eigenvalue weighted by atomic mass is 16.5. The number of methoxy groups -OCH3 is 1. The van der Waals surface area contributed by atoms with Gasteiger partial charge in [0.05, 0.1) is 24.4 Å². The van der Waals surface area contributed by atoms with E-state index < -0.39 is 12.0 Å². The zero-order valence-electron chi connectivity index (χ0n) is 15.0. The van der Waals surface area contributed by atoms with E-state index in [1.54, 1.807) is 13.8 Å². The van der Waals surface area contributed by atoms with Gasteiger partial charge in [0.15, 0.2) is 0 Å². The van der Waals surface area contributed by atoms with Crippen molar-refractivity contribution in [2.24, 2.45) is 0 Å². The number of esters is 1. The molecule has 24 heavy (non-hydrogen) atoms. The fourth-order valence-corrected chi connectivity index (χ4v) is 2.77. The van der Waals surface area contributed by atoms with E-state index in [2.05, 4.69) is 10.3 Å². The molecule has 0 aliphatic carbocycles. The molecule has 2 N–H and O–H groups in total. The van der Waals surface area contributed by atoms with Crippen LogP contribution in [0.5, 0.6) is 0 Å². The van der Waals surface area contributed by atoms with Crippen molar-refractivity contribution < 1.29 is 14.3 Å². The van der Waals surface area contributed by atoms with Crippen LogP contribution in [0, 0.1) is 27.7 Å². The average Bonchev–Trinajstić information content (AvgIpc) is 2.84. The smallest absolute Gasteiger partial charge is 0.339 e. The van der Waals surface area contributed by atoms with Gasteiger partial charge in [0.25, 0.3) is 0 Å². The third kappa shape index (κ3) is 3.35. The second-order valence-electron chi connectivity index (χ2n) is 6.15. The van der Waals surface area contributed by atoms with Crippen molar-refractivity contribution in [1.29, 1.82) is 0 Å². The summed E-state index contributed by atoms with van der Waals surface area (Å²) in [6.07, 6.45) is 0. The summed E-state index contributed by atoms with van der Waals surface area (Å²) < 4.78 is 4.79. The highest BCUT2D eigenvalue weighted by molar-refractivity contribution is 6.04. The Morgan fingerprint density at radius 1 is 1.12 bits per heavy atom. The number of nitrogens with one attached hydrogen (secondary N) is 2. The highest BCUT2D eigenvalue weighted by Crippen LogP contribution is 2.21. The fourth-order valence-electron chi connectivity index (χ4n) is 2.77. The molecule has 0 saturated heterocycles. The first-order valence-corrected chi connectivity index (χ1v) is 7.91. The maximum atomic E-state index is 12.8. The lowest BCUT2D eigenvalue weighted by molar-refractivity contribution is 0.0599. The van der Waals surface area contributed by atoms with Gasteiger partial charge in [0.1, 0.15) is 0 Å². The molecule has 128 valence electrons. The number of ketones is 1. The SMILES string of the molecule is COC(=O)c1c(C)[nH]c(C(=O)[C@@H](C)Nc2ccc(C)c(C)c2)c1C. The van der Waals surface area contributed by atoms with Gasteiger partial charge in [0.2, 0.25) is 5.78 Å². The van der Waals surface area contributed by atoms with Crippen molar-refractivity contribution in [1.82, 2.24) is 4.98 Å². The molecule has 2 rings (SSSR count). The van der Waals surface area contributed by atoms with Crippen molar-refractivity contribution in [2.75, 3.05) is 12.4 Å². The van der Waals surface area contributed by atoms with Crippen LogP contribution in [0.25, 0.3) is 0 Å². The molecule has 1 heterocycles. The summed E-state index contributed by atoms with van der Waals surface area (Å²) in [4.78, 5) is 27.6. The average molecular weight is 328 g/mol. The molecule has 2 aromatic rings. The number of H-pyrrole nitrogens is 1. The van der Waals surface area contributed by atoms with E-state index in [-0.39, 0.29) is 5.78 Å². The molecule has 0 unspecified atom stereocenters. The molecule has 1 aromatic heterocycles. The minimum absolute atomic E-state index is 0.0935. The standard InChI is InChI=1S/C19H24N2O3/c1-10-7-8-15(9-11(10)2)20-14(5)18(22)17-12(3)16(13(4)21-17)19(23)24-6/h7-9,14,20-21H,1-6H3/t14-/m1/s1. The monoisotopic (exact) mass is 328 g/mol. The molecule has 0 bridgehead atoms. The van der Waals surface area contributed by atoms with Gasteiger partial charge in [-0.2, -0.15) is 0 Å². The summed E-state index contributed by atoms with van der Waals surface area (Å²) >= 11 is 0. The minimum atomic E-state index is -0.435. The van der Waals surface area contributed by atoms with Crippen LogP contribution >= 0.6 is 0 Å². The Bertz CT molecular complexity index is 790. The van der Waals surface area contributed by atoms with Gasteiger partial charge in [-0.15, -0.1) is 0 Å². The van der Waals surface area contributed by atoms with Gasteiger partial charge < -0.3 is 15.0 Å². The molecule has 5 heteroatoms. The lowest BCUT2D eigenvalue weighted by Crippen LogP contribution is -2.27. The first-order chi connectivity index (χ1) is 11.3. The Kier molecular flexibility index (Phi) is 5.12. The van der Waals surface area contributed by atoms with E-state index in [0.717, 1.165) is 5.69 Å². The number of Topliss-reactive ketones (excluding diaryl/α,β-unsaturated/α-hetero) is 1. The zero-order chi connectivity index (χ0) is 18.0. The number of hydrogen-bond donors (Lipinski definition) is 2. The Morgan fingerprint density at radius 2 is 1.79 bits per heavy atom. The molecule has 0 radical (unpaired) electrons. The van der Waals surface area contributed by atoms with Crippen LogP contribution in [-0.4, -0.2) is 29.9 Å². The number of benzene rings is 1. The second-order valence-corrected chi connectivity index (χ2v) is 6.15. The third-order valence-corrected chi connectivity index (χ3v) is 4.36. The molecule has 0 aliphatic heterocycles. The van der Waals surface area contributed by atoms with Gasteiger partial charge in [-0.3, -0.25) is 4.79 Å². The summed E-state index contributed by atoms with van der Waals surface area (Å²) in [5.74, 6) is -0.529. The summed E-state index contributed by atoms with van der Waals surface area (Å²) in [6.45, 7) is 9.41. The normalized spacial score (nSPS) is 11.9. The largest absolute Gasteiger partial charge is 0.465 e. The molecule has 1 aromatic carbocycles. The lowest BCUT2D eigenvalue weighted by Gasteiger charge is -2.15. The van der Waals surface area contributed by atoms with Crippen LogP contribution in [0.3, 0.4) is 0 Å². The van der Waals surface area contributed by atoms with E-state index >= 15 is 0 Å². The lowest BCUT2D eigenvalue weighted by atomic mass is 10.0. The van der Waals surface area contributed by atoms with Gasteiger partial charge in [-0.1, -0.05) is 6.07 Å². The van der Waals surface area contributed by atoms with Crippen LogP contribution in [0.15, 0.2) is 18.2 Å². The number of carbonyl (C=O) groups is 2. The van der Waals surface area contributed by atoms with Crippen molar-refractivity contribution in [3.05, 3.63) is 51.8 Å². The molecule has 0 aliphatic rings. The number of ether oxygens (including phenoxy) is 1. The summed E-state index contributed by atoms with van der Waals surface area (Å²) in [6, 6.07) is 5.58. The van der Waals surface area contributed by atoms with Crippen LogP contribution in [0.2, 0.25) is 0 Å². The second kappa shape index (κ2) is 6.91. The Labute approximate surface area is 142 Å². The highest BCUT2D eigenvalue weighted by Gasteiger charge is 2.25. The maximum Gasteiger partial charge on any atom is 0.339 e. The van der Waals surface area contributed by atoms with Crippen LogP contribution < -0.4 is 5.32 Å². The van der Waals surface area contributed by atoms with Gasteiger partial charge in [-0.25, -0.2) is 4.79 Å². The van der Waals surface area contributed by atoms with Gasteiger partial charge >= 0.3 is 5.97 Å². The molecule has 0 spiro atoms. The Balaban J connectivity index is 2.25. The fraction of sp³-hybridized carbons (Fsp3) is 0.368. The molecule has 0 amide bonds. The quantitative estimate of drug-likeness (QED) is 0.648. The summed E-state index contributed by atoms with van der Waals surface area (Å²) in [7, 11) is 1.33. The van der Waals surface area contributed by atoms with Crippen molar-refractivity contribution in [3.8, 4) is 0 Å². The van der Waals surface area contributed by atoms with Crippen molar-refractivity contribution in [2.45, 2.75) is 40.7 Å². The van der Waals surface area contributed by atoms with E-state index in [4.69, 9.17) is 4.74 Å². The van der Waals surface area contributed by atoms with Crippen molar-refractivity contribution in [3.63, 3.8) is 0 Å². The van der Waals surface area contributed by atoms with E-state index in [1.807, 2.05) is 39.0 Å². The van der Waals surface area contributed by atoms with Crippen LogP contribution in [-0.2, 0) is 4.74 Å². The summed E-state index contributed by atoms with van der Waals surface area (Å²) in [5, 5.41) is 3.22. The third-order valence-electron chi connectivity index (χ3n) is 4.36. The predicted octanol–water partition coefficient (Wildman–Crippen LogP) is 3.72.